The molecule has 0 aliphatic heterocycles. The van der Waals surface area contributed by atoms with Crippen molar-refractivity contribution in [3.8, 4) is 0 Å². The standard InChI is InChI=1S/C16H24Cl2N4/c1-2-3-4-5-6-7-8-9-10-11-22-12-19-15-13(22)14(17)20-16(18)21-15/h12H,2-11H2,1H3. The van der Waals surface area contributed by atoms with Crippen LogP contribution in [0, 0.1) is 0 Å². The normalized spacial score (nSPS) is 11.4. The maximum absolute atomic E-state index is 6.14. The van der Waals surface area contributed by atoms with Gasteiger partial charge in [-0.2, -0.15) is 4.98 Å². The third-order valence-electron chi connectivity index (χ3n) is 3.90. The van der Waals surface area contributed by atoms with Gasteiger partial charge < -0.3 is 4.57 Å². The van der Waals surface area contributed by atoms with E-state index in [-0.39, 0.29) is 5.28 Å². The molecule has 6 heteroatoms. The molecule has 0 bridgehead atoms. The van der Waals surface area contributed by atoms with Gasteiger partial charge in [0.15, 0.2) is 10.8 Å². The molecule has 0 atom stereocenters. The first-order chi connectivity index (χ1) is 10.7. The molecular formula is C16H24Cl2N4. The Labute approximate surface area is 142 Å². The molecule has 2 aromatic rings. The third kappa shape index (κ3) is 5.10. The van der Waals surface area contributed by atoms with Crippen molar-refractivity contribution in [2.45, 2.75) is 71.3 Å². The van der Waals surface area contributed by atoms with E-state index >= 15 is 0 Å². The van der Waals surface area contributed by atoms with Gasteiger partial charge in [0.25, 0.3) is 0 Å². The smallest absolute Gasteiger partial charge is 0.225 e. The van der Waals surface area contributed by atoms with Gasteiger partial charge in [-0.25, -0.2) is 9.97 Å². The molecule has 0 aliphatic carbocycles. The highest BCUT2D eigenvalue weighted by Gasteiger charge is 2.10. The van der Waals surface area contributed by atoms with Crippen LogP contribution in [0.15, 0.2) is 6.33 Å². The zero-order valence-corrected chi connectivity index (χ0v) is 14.7. The van der Waals surface area contributed by atoms with Crippen molar-refractivity contribution < 1.29 is 0 Å². The minimum atomic E-state index is 0.144. The summed E-state index contributed by atoms with van der Waals surface area (Å²) < 4.78 is 2.02. The molecule has 0 N–H and O–H groups in total. The highest BCUT2D eigenvalue weighted by atomic mass is 35.5. The number of unbranched alkanes of at least 4 members (excludes halogenated alkanes) is 8. The Morgan fingerprint density at radius 3 is 2.23 bits per heavy atom. The van der Waals surface area contributed by atoms with Crippen LogP contribution in [0.4, 0.5) is 0 Å². The van der Waals surface area contributed by atoms with Gasteiger partial charge in [-0.05, 0) is 18.0 Å². The van der Waals surface area contributed by atoms with Crippen LogP contribution in [0.3, 0.4) is 0 Å². The Morgan fingerprint density at radius 2 is 1.55 bits per heavy atom. The number of fused-ring (bicyclic) bond motifs is 1. The fraction of sp³-hybridized carbons (Fsp3) is 0.688. The molecule has 0 fully saturated rings. The van der Waals surface area contributed by atoms with Crippen molar-refractivity contribution >= 4 is 34.4 Å². The second-order valence-corrected chi connectivity index (χ2v) is 6.42. The molecule has 2 aromatic heterocycles. The van der Waals surface area contributed by atoms with Crippen molar-refractivity contribution in [3.63, 3.8) is 0 Å². The van der Waals surface area contributed by atoms with E-state index in [1.54, 1.807) is 6.33 Å². The number of hydrogen-bond donors (Lipinski definition) is 0. The zero-order chi connectivity index (χ0) is 15.8. The SMILES string of the molecule is CCCCCCCCCCCn1cnc2nc(Cl)nc(Cl)c21. The van der Waals surface area contributed by atoms with Gasteiger partial charge in [-0.3, -0.25) is 0 Å². The van der Waals surface area contributed by atoms with Crippen LogP contribution in [0.1, 0.15) is 64.7 Å². The number of hydrogen-bond acceptors (Lipinski definition) is 3. The number of rotatable bonds is 10. The number of imidazole rings is 1. The lowest BCUT2D eigenvalue weighted by Crippen LogP contribution is -1.98. The molecule has 0 radical (unpaired) electrons. The highest BCUT2D eigenvalue weighted by molar-refractivity contribution is 6.35. The molecular weight excluding hydrogens is 319 g/mol. The van der Waals surface area contributed by atoms with E-state index in [4.69, 9.17) is 23.2 Å². The number of nitrogens with zero attached hydrogens (tertiary/aromatic N) is 4. The molecule has 0 amide bonds. The summed E-state index contributed by atoms with van der Waals surface area (Å²) in [5.74, 6) is 0. The van der Waals surface area contributed by atoms with Crippen LogP contribution in [-0.4, -0.2) is 19.5 Å². The van der Waals surface area contributed by atoms with Gasteiger partial charge in [0, 0.05) is 6.54 Å². The molecule has 4 nitrogen and oxygen atoms in total. The summed E-state index contributed by atoms with van der Waals surface area (Å²) in [6.45, 7) is 3.15. The van der Waals surface area contributed by atoms with Crippen molar-refractivity contribution in [2.24, 2.45) is 0 Å². The first kappa shape index (κ1) is 17.5. The van der Waals surface area contributed by atoms with E-state index in [2.05, 4.69) is 21.9 Å². The first-order valence-electron chi connectivity index (χ1n) is 8.26. The van der Waals surface area contributed by atoms with E-state index in [1.807, 2.05) is 4.57 Å². The number of aromatic nitrogens is 4. The minimum Gasteiger partial charge on any atom is -0.327 e. The lowest BCUT2D eigenvalue weighted by molar-refractivity contribution is 0.542. The lowest BCUT2D eigenvalue weighted by Gasteiger charge is -2.05. The van der Waals surface area contributed by atoms with Crippen LogP contribution in [-0.2, 0) is 6.54 Å². The maximum atomic E-state index is 6.14. The second-order valence-electron chi connectivity index (χ2n) is 5.72. The molecule has 0 aromatic carbocycles. The van der Waals surface area contributed by atoms with Crippen molar-refractivity contribution in [1.29, 1.82) is 0 Å². The van der Waals surface area contributed by atoms with E-state index in [0.717, 1.165) is 18.5 Å². The summed E-state index contributed by atoms with van der Waals surface area (Å²) in [4.78, 5) is 12.3. The number of halogens is 2. The van der Waals surface area contributed by atoms with Gasteiger partial charge >= 0.3 is 0 Å². The third-order valence-corrected chi connectivity index (χ3v) is 4.34. The summed E-state index contributed by atoms with van der Waals surface area (Å²) in [7, 11) is 0. The van der Waals surface area contributed by atoms with E-state index < -0.39 is 0 Å². The Bertz CT molecular complexity index is 583. The maximum Gasteiger partial charge on any atom is 0.225 e. The van der Waals surface area contributed by atoms with Crippen LogP contribution in [0.25, 0.3) is 11.2 Å². The van der Waals surface area contributed by atoms with Crippen molar-refractivity contribution in [3.05, 3.63) is 16.8 Å². The molecule has 0 spiro atoms. The molecule has 2 heterocycles. The molecule has 0 saturated carbocycles. The zero-order valence-electron chi connectivity index (χ0n) is 13.2. The molecule has 0 saturated heterocycles. The summed E-state index contributed by atoms with van der Waals surface area (Å²) >= 11 is 11.9. The Hall–Kier alpha value is -0.870. The molecule has 22 heavy (non-hydrogen) atoms. The van der Waals surface area contributed by atoms with Crippen LogP contribution < -0.4 is 0 Å². The van der Waals surface area contributed by atoms with Gasteiger partial charge in [0.2, 0.25) is 5.28 Å². The fourth-order valence-corrected chi connectivity index (χ4v) is 3.15. The predicted octanol–water partition coefficient (Wildman–Crippen LogP) is 5.66. The lowest BCUT2D eigenvalue weighted by atomic mass is 10.1. The molecule has 2 rings (SSSR count). The summed E-state index contributed by atoms with van der Waals surface area (Å²) in [6, 6.07) is 0. The van der Waals surface area contributed by atoms with Crippen LogP contribution in [0.2, 0.25) is 10.4 Å². The van der Waals surface area contributed by atoms with E-state index in [0.29, 0.717) is 10.8 Å². The molecule has 122 valence electrons. The minimum absolute atomic E-state index is 0.144. The average molecular weight is 343 g/mol. The molecule has 0 unspecified atom stereocenters. The van der Waals surface area contributed by atoms with Crippen LogP contribution in [0.5, 0.6) is 0 Å². The van der Waals surface area contributed by atoms with Crippen LogP contribution >= 0.6 is 23.2 Å². The second kappa shape index (κ2) is 9.31. The van der Waals surface area contributed by atoms with E-state index in [1.165, 1.54) is 51.4 Å². The van der Waals surface area contributed by atoms with Gasteiger partial charge in [-0.15, -0.1) is 0 Å². The molecule has 0 aliphatic rings. The largest absolute Gasteiger partial charge is 0.327 e. The monoisotopic (exact) mass is 342 g/mol. The van der Waals surface area contributed by atoms with Gasteiger partial charge in [0.1, 0.15) is 5.52 Å². The van der Waals surface area contributed by atoms with Gasteiger partial charge in [0.05, 0.1) is 6.33 Å². The van der Waals surface area contributed by atoms with E-state index in [9.17, 15) is 0 Å². The van der Waals surface area contributed by atoms with Gasteiger partial charge in [-0.1, -0.05) is 69.9 Å². The summed E-state index contributed by atoms with van der Waals surface area (Å²) in [5, 5.41) is 0.522. The summed E-state index contributed by atoms with van der Waals surface area (Å²) in [5.41, 5.74) is 1.35. The topological polar surface area (TPSA) is 43.6 Å². The Kier molecular flexibility index (Phi) is 7.40. The summed E-state index contributed by atoms with van der Waals surface area (Å²) in [6.07, 6.45) is 13.6. The fourth-order valence-electron chi connectivity index (χ4n) is 2.67. The average Bonchev–Trinajstić information content (AvgIpc) is 2.88. The quantitative estimate of drug-likeness (QED) is 0.317. The number of aryl methyl sites for hydroxylation is 1. The van der Waals surface area contributed by atoms with Crippen molar-refractivity contribution in [1.82, 2.24) is 19.5 Å². The Morgan fingerprint density at radius 1 is 0.909 bits per heavy atom. The first-order valence-corrected chi connectivity index (χ1v) is 9.02. The Balaban J connectivity index is 1.70. The highest BCUT2D eigenvalue weighted by Crippen LogP contribution is 2.22. The van der Waals surface area contributed by atoms with Crippen molar-refractivity contribution in [2.75, 3.05) is 0 Å². The predicted molar refractivity (Wildman–Crippen MR) is 92.6 cm³/mol.